The summed E-state index contributed by atoms with van der Waals surface area (Å²) < 4.78 is 46.3. The normalized spacial score (nSPS) is 11.1. The zero-order valence-corrected chi connectivity index (χ0v) is 22.1. The summed E-state index contributed by atoms with van der Waals surface area (Å²) in [6.07, 6.45) is 0.618. The molecule has 8 nitrogen and oxygen atoms in total. The van der Waals surface area contributed by atoms with Crippen molar-refractivity contribution in [1.82, 2.24) is 4.72 Å². The van der Waals surface area contributed by atoms with E-state index < -0.39 is 31.4 Å². The van der Waals surface area contributed by atoms with Crippen LogP contribution in [0.15, 0.2) is 107 Å². The molecule has 0 atom stereocenters. The first-order valence-electron chi connectivity index (χ1n) is 11.8. The highest BCUT2D eigenvalue weighted by molar-refractivity contribution is 7.99. The third-order valence-corrected chi connectivity index (χ3v) is 7.97. The second kappa shape index (κ2) is 12.5. The summed E-state index contributed by atoms with van der Waals surface area (Å²) in [4.78, 5) is 24.1. The number of carbonyl (C=O) groups is 1. The van der Waals surface area contributed by atoms with Crippen molar-refractivity contribution < 1.29 is 27.3 Å². The smallest absolute Gasteiger partial charge is 0.312 e. The average molecular weight is 567 g/mol. The minimum atomic E-state index is -4.41. The van der Waals surface area contributed by atoms with Crippen molar-refractivity contribution in [3.8, 4) is 16.9 Å². The second-order valence-corrected chi connectivity index (χ2v) is 11.1. The summed E-state index contributed by atoms with van der Waals surface area (Å²) in [5.74, 6) is -0.607. The van der Waals surface area contributed by atoms with Crippen molar-refractivity contribution in [2.75, 3.05) is 12.4 Å². The number of nitro groups is 1. The maximum atomic E-state index is 13.1. The fourth-order valence-electron chi connectivity index (χ4n) is 3.57. The summed E-state index contributed by atoms with van der Waals surface area (Å²) >= 11 is 1.63. The fraction of sp³-hybridized carbons (Fsp3) is 0.107. The minimum absolute atomic E-state index is 0.0623. The van der Waals surface area contributed by atoms with Crippen LogP contribution in [0.4, 0.5) is 10.1 Å². The van der Waals surface area contributed by atoms with Crippen molar-refractivity contribution in [2.45, 2.75) is 16.2 Å². The van der Waals surface area contributed by atoms with E-state index in [1.54, 1.807) is 36.0 Å². The molecule has 0 saturated heterocycles. The SMILES string of the molecule is O=C(NS(=O)(=O)c1ccc(OCCCSc2ccccc2)c([N+](=O)[O-])c1)c1ccc(-c2ccc(F)cc2)cc1. The predicted octanol–water partition coefficient (Wildman–Crippen LogP) is 6.08. The lowest BCUT2D eigenvalue weighted by atomic mass is 10.0. The van der Waals surface area contributed by atoms with Crippen LogP contribution >= 0.6 is 11.8 Å². The van der Waals surface area contributed by atoms with Crippen molar-refractivity contribution in [3.63, 3.8) is 0 Å². The Morgan fingerprint density at radius 2 is 1.56 bits per heavy atom. The number of nitrogens with zero attached hydrogens (tertiary/aromatic N) is 1. The number of hydrogen-bond donors (Lipinski definition) is 1. The zero-order valence-electron chi connectivity index (χ0n) is 20.5. The standard InChI is InChI=1S/C28H23FN2O6S2/c29-23-13-11-21(12-14-23)20-7-9-22(10-8-20)28(32)30-39(35,36)25-15-16-27(26(19-25)31(33)34)37-17-4-18-38-24-5-2-1-3-6-24/h1-3,5-16,19H,4,17-18H2,(H,30,32). The van der Waals surface area contributed by atoms with Crippen LogP contribution in [-0.2, 0) is 10.0 Å². The van der Waals surface area contributed by atoms with Crippen LogP contribution in [0.3, 0.4) is 0 Å². The summed E-state index contributed by atoms with van der Waals surface area (Å²) in [6, 6.07) is 24.8. The van der Waals surface area contributed by atoms with Crippen LogP contribution in [0.2, 0.25) is 0 Å². The molecule has 1 amide bonds. The molecule has 0 radical (unpaired) electrons. The van der Waals surface area contributed by atoms with E-state index >= 15 is 0 Å². The molecule has 0 aliphatic carbocycles. The molecule has 0 aliphatic heterocycles. The lowest BCUT2D eigenvalue weighted by molar-refractivity contribution is -0.386. The molecular weight excluding hydrogens is 543 g/mol. The van der Waals surface area contributed by atoms with E-state index in [1.807, 2.05) is 35.1 Å². The van der Waals surface area contributed by atoms with Crippen molar-refractivity contribution in [3.05, 3.63) is 119 Å². The van der Waals surface area contributed by atoms with Crippen LogP contribution < -0.4 is 9.46 Å². The van der Waals surface area contributed by atoms with Crippen molar-refractivity contribution >= 4 is 33.4 Å². The number of amides is 1. The minimum Gasteiger partial charge on any atom is -0.487 e. The number of halogens is 1. The molecule has 0 bridgehead atoms. The summed E-state index contributed by atoms with van der Waals surface area (Å²) in [7, 11) is -4.41. The molecular formula is C28H23FN2O6S2. The van der Waals surface area contributed by atoms with E-state index in [9.17, 15) is 27.7 Å². The highest BCUT2D eigenvalue weighted by Gasteiger charge is 2.24. The lowest BCUT2D eigenvalue weighted by Crippen LogP contribution is -2.30. The van der Waals surface area contributed by atoms with Gasteiger partial charge in [-0.05, 0) is 66.1 Å². The first-order chi connectivity index (χ1) is 18.7. The quantitative estimate of drug-likeness (QED) is 0.101. The Kier molecular flexibility index (Phi) is 8.95. The number of nitro benzene ring substituents is 1. The van der Waals surface area contributed by atoms with Gasteiger partial charge in [0.25, 0.3) is 15.9 Å². The van der Waals surface area contributed by atoms with E-state index in [0.717, 1.165) is 28.3 Å². The zero-order chi connectivity index (χ0) is 27.8. The number of benzene rings is 4. The Balaban J connectivity index is 1.39. The number of ether oxygens (including phenoxy) is 1. The van der Waals surface area contributed by atoms with E-state index in [-0.39, 0.29) is 23.7 Å². The first-order valence-corrected chi connectivity index (χ1v) is 14.2. The molecule has 4 aromatic rings. The number of thioether (sulfide) groups is 1. The van der Waals surface area contributed by atoms with Gasteiger partial charge in [-0.15, -0.1) is 11.8 Å². The average Bonchev–Trinajstić information content (AvgIpc) is 2.93. The fourth-order valence-corrected chi connectivity index (χ4v) is 5.41. The van der Waals surface area contributed by atoms with E-state index in [2.05, 4.69) is 0 Å². The molecule has 0 heterocycles. The molecule has 0 spiro atoms. The molecule has 1 N–H and O–H groups in total. The third-order valence-electron chi connectivity index (χ3n) is 5.55. The van der Waals surface area contributed by atoms with Crippen LogP contribution in [0, 0.1) is 15.9 Å². The van der Waals surface area contributed by atoms with Gasteiger partial charge in [0.1, 0.15) is 5.82 Å². The number of rotatable bonds is 11. The van der Waals surface area contributed by atoms with Crippen LogP contribution in [0.1, 0.15) is 16.8 Å². The molecule has 11 heteroatoms. The highest BCUT2D eigenvalue weighted by Crippen LogP contribution is 2.30. The number of hydrogen-bond acceptors (Lipinski definition) is 7. The molecule has 0 unspecified atom stereocenters. The molecule has 0 saturated carbocycles. The maximum absolute atomic E-state index is 13.1. The van der Waals surface area contributed by atoms with Crippen LogP contribution in [-0.4, -0.2) is 31.6 Å². The van der Waals surface area contributed by atoms with Crippen molar-refractivity contribution in [1.29, 1.82) is 0 Å². The second-order valence-electron chi connectivity index (χ2n) is 8.27. The highest BCUT2D eigenvalue weighted by atomic mass is 32.2. The number of nitrogens with one attached hydrogen (secondary N) is 1. The van der Waals surface area contributed by atoms with E-state index in [1.165, 1.54) is 30.3 Å². The summed E-state index contributed by atoms with van der Waals surface area (Å²) in [6.45, 7) is 0.206. The Labute approximate surface area is 229 Å². The molecule has 200 valence electrons. The Bertz CT molecular complexity index is 1560. The predicted molar refractivity (Wildman–Crippen MR) is 147 cm³/mol. The van der Waals surface area contributed by atoms with Gasteiger partial charge in [-0.25, -0.2) is 17.5 Å². The largest absolute Gasteiger partial charge is 0.487 e. The van der Waals surface area contributed by atoms with Crippen molar-refractivity contribution in [2.24, 2.45) is 0 Å². The van der Waals surface area contributed by atoms with Gasteiger partial charge in [0.05, 0.1) is 16.4 Å². The van der Waals surface area contributed by atoms with Gasteiger partial charge >= 0.3 is 5.69 Å². The Morgan fingerprint density at radius 3 is 2.21 bits per heavy atom. The third kappa shape index (κ3) is 7.43. The molecule has 0 aromatic heterocycles. The van der Waals surface area contributed by atoms with E-state index in [0.29, 0.717) is 12.0 Å². The Morgan fingerprint density at radius 1 is 0.923 bits per heavy atom. The molecule has 4 rings (SSSR count). The molecule has 0 fully saturated rings. The molecule has 4 aromatic carbocycles. The Hall–Kier alpha value is -4.22. The summed E-state index contributed by atoms with van der Waals surface area (Å²) in [5, 5.41) is 11.6. The topological polar surface area (TPSA) is 116 Å². The van der Waals surface area contributed by atoms with Gasteiger partial charge < -0.3 is 4.74 Å². The monoisotopic (exact) mass is 566 g/mol. The van der Waals surface area contributed by atoms with Gasteiger partial charge in [-0.3, -0.25) is 14.9 Å². The van der Waals surface area contributed by atoms with Crippen LogP contribution in [0.5, 0.6) is 5.75 Å². The lowest BCUT2D eigenvalue weighted by Gasteiger charge is -2.10. The van der Waals surface area contributed by atoms with Gasteiger partial charge in [-0.2, -0.15) is 0 Å². The van der Waals surface area contributed by atoms with Gasteiger partial charge in [0.2, 0.25) is 0 Å². The summed E-state index contributed by atoms with van der Waals surface area (Å²) in [5.41, 5.74) is 0.969. The van der Waals surface area contributed by atoms with E-state index in [4.69, 9.17) is 4.74 Å². The number of sulfonamides is 1. The van der Waals surface area contributed by atoms with Gasteiger partial charge in [0, 0.05) is 22.3 Å². The molecule has 39 heavy (non-hydrogen) atoms. The first kappa shape index (κ1) is 27.8. The van der Waals surface area contributed by atoms with Gasteiger partial charge in [0.15, 0.2) is 5.75 Å². The van der Waals surface area contributed by atoms with Crippen LogP contribution in [0.25, 0.3) is 11.1 Å². The van der Waals surface area contributed by atoms with Gasteiger partial charge in [-0.1, -0.05) is 42.5 Å². The maximum Gasteiger partial charge on any atom is 0.312 e. The molecule has 0 aliphatic rings. The number of carbonyl (C=O) groups excluding carboxylic acids is 1.